The number of aromatic nitrogens is 1. The Labute approximate surface area is 158 Å². The second-order valence-corrected chi connectivity index (χ2v) is 6.32. The Balaban J connectivity index is 1.63. The van der Waals surface area contributed by atoms with E-state index in [1.165, 1.54) is 7.11 Å². The van der Waals surface area contributed by atoms with E-state index in [0.29, 0.717) is 38.0 Å². The highest BCUT2D eigenvalue weighted by molar-refractivity contribution is 5.95. The minimum atomic E-state index is -0.367. The Hall–Kier alpha value is -3.09. The van der Waals surface area contributed by atoms with Gasteiger partial charge in [-0.2, -0.15) is 0 Å². The maximum Gasteiger partial charge on any atom is 0.409 e. The monoisotopic (exact) mass is 369 g/mol. The van der Waals surface area contributed by atoms with Gasteiger partial charge in [-0.15, -0.1) is 0 Å². The third-order valence-electron chi connectivity index (χ3n) is 4.65. The molecule has 0 radical (unpaired) electrons. The smallest absolute Gasteiger partial charge is 0.409 e. The Morgan fingerprint density at radius 2 is 2.11 bits per heavy atom. The van der Waals surface area contributed by atoms with Gasteiger partial charge in [-0.3, -0.25) is 9.78 Å². The quantitative estimate of drug-likeness (QED) is 0.874. The molecular formula is C20H23N3O4. The predicted molar refractivity (Wildman–Crippen MR) is 99.8 cm³/mol. The molecule has 0 saturated carbocycles. The zero-order valence-corrected chi connectivity index (χ0v) is 15.5. The van der Waals surface area contributed by atoms with Crippen molar-refractivity contribution in [1.82, 2.24) is 15.2 Å². The van der Waals surface area contributed by atoms with Crippen molar-refractivity contribution in [2.24, 2.45) is 0 Å². The zero-order chi connectivity index (χ0) is 19.2. The minimum Gasteiger partial charge on any atom is -0.497 e. The molecule has 2 heterocycles. The lowest BCUT2D eigenvalue weighted by atomic mass is 9.97. The van der Waals surface area contributed by atoms with Crippen molar-refractivity contribution in [3.8, 4) is 5.75 Å². The summed E-state index contributed by atoms with van der Waals surface area (Å²) >= 11 is 0. The molecule has 0 spiro atoms. The van der Waals surface area contributed by atoms with E-state index in [2.05, 4.69) is 10.3 Å². The van der Waals surface area contributed by atoms with Crippen LogP contribution >= 0.6 is 0 Å². The molecule has 142 valence electrons. The van der Waals surface area contributed by atoms with Crippen molar-refractivity contribution >= 4 is 12.0 Å². The number of ether oxygens (including phenoxy) is 2. The summed E-state index contributed by atoms with van der Waals surface area (Å²) in [6.07, 6.45) is 4.24. The van der Waals surface area contributed by atoms with Gasteiger partial charge in [0.25, 0.3) is 5.91 Å². The number of nitrogens with one attached hydrogen (secondary N) is 1. The molecule has 0 unspecified atom stereocenters. The number of amides is 2. The van der Waals surface area contributed by atoms with Crippen molar-refractivity contribution < 1.29 is 19.1 Å². The Kier molecular flexibility index (Phi) is 5.90. The van der Waals surface area contributed by atoms with Crippen molar-refractivity contribution in [3.63, 3.8) is 0 Å². The van der Waals surface area contributed by atoms with Crippen LogP contribution in [0.15, 0.2) is 36.7 Å². The molecule has 1 aromatic carbocycles. The predicted octanol–water partition coefficient (Wildman–Crippen LogP) is 2.19. The molecule has 7 heteroatoms. The second kappa shape index (κ2) is 8.53. The summed E-state index contributed by atoms with van der Waals surface area (Å²) in [6, 6.07) is 7.78. The van der Waals surface area contributed by atoms with Gasteiger partial charge in [0.15, 0.2) is 0 Å². The number of benzene rings is 1. The van der Waals surface area contributed by atoms with Crippen LogP contribution in [0.2, 0.25) is 0 Å². The fraction of sp³-hybridized carbons (Fsp3) is 0.350. The Morgan fingerprint density at radius 1 is 1.26 bits per heavy atom. The first-order chi connectivity index (χ1) is 13.1. The first kappa shape index (κ1) is 18.7. The number of fused-ring (bicyclic) bond motifs is 1. The number of hydrogen-bond acceptors (Lipinski definition) is 5. The van der Waals surface area contributed by atoms with Gasteiger partial charge in [-0.05, 0) is 41.7 Å². The molecule has 3 rings (SSSR count). The van der Waals surface area contributed by atoms with Crippen LogP contribution in [-0.4, -0.2) is 49.2 Å². The molecule has 0 bridgehead atoms. The van der Waals surface area contributed by atoms with Crippen LogP contribution in [0, 0.1) is 0 Å². The second-order valence-electron chi connectivity index (χ2n) is 6.32. The SMILES string of the molecule is COC(=O)N1CCc2c(cncc2C(=O)NCCc2cccc(OC)c2)C1. The average Bonchev–Trinajstić information content (AvgIpc) is 2.72. The molecule has 2 amide bonds. The van der Waals surface area contributed by atoms with Gasteiger partial charge < -0.3 is 19.7 Å². The highest BCUT2D eigenvalue weighted by Crippen LogP contribution is 2.22. The summed E-state index contributed by atoms with van der Waals surface area (Å²) in [5, 5.41) is 2.96. The molecule has 0 saturated heterocycles. The number of carbonyl (C=O) groups is 2. The average molecular weight is 369 g/mol. The fourth-order valence-corrected chi connectivity index (χ4v) is 3.22. The fourth-order valence-electron chi connectivity index (χ4n) is 3.22. The van der Waals surface area contributed by atoms with E-state index < -0.39 is 0 Å². The Morgan fingerprint density at radius 3 is 2.89 bits per heavy atom. The molecule has 0 fully saturated rings. The van der Waals surface area contributed by atoms with Crippen LogP contribution in [0.25, 0.3) is 0 Å². The first-order valence-electron chi connectivity index (χ1n) is 8.82. The van der Waals surface area contributed by atoms with E-state index in [9.17, 15) is 9.59 Å². The van der Waals surface area contributed by atoms with E-state index in [1.54, 1.807) is 24.4 Å². The molecule has 1 aliphatic rings. The molecule has 0 atom stereocenters. The minimum absolute atomic E-state index is 0.145. The van der Waals surface area contributed by atoms with Crippen LogP contribution in [0.1, 0.15) is 27.0 Å². The van der Waals surface area contributed by atoms with Gasteiger partial charge in [0.05, 0.1) is 26.3 Å². The van der Waals surface area contributed by atoms with E-state index in [1.807, 2.05) is 24.3 Å². The third-order valence-corrected chi connectivity index (χ3v) is 4.65. The van der Waals surface area contributed by atoms with Crippen molar-refractivity contribution in [3.05, 3.63) is 58.9 Å². The zero-order valence-electron chi connectivity index (χ0n) is 15.5. The molecule has 2 aromatic rings. The van der Waals surface area contributed by atoms with Crippen molar-refractivity contribution in [2.75, 3.05) is 27.3 Å². The van der Waals surface area contributed by atoms with Crippen molar-refractivity contribution in [1.29, 1.82) is 0 Å². The van der Waals surface area contributed by atoms with Gasteiger partial charge >= 0.3 is 6.09 Å². The number of nitrogens with zero attached hydrogens (tertiary/aromatic N) is 2. The molecule has 1 N–H and O–H groups in total. The Bertz CT molecular complexity index is 838. The van der Waals surface area contributed by atoms with Gasteiger partial charge in [0, 0.05) is 25.5 Å². The number of pyridine rings is 1. The van der Waals surface area contributed by atoms with Crippen LogP contribution in [0.3, 0.4) is 0 Å². The van der Waals surface area contributed by atoms with Crippen LogP contribution in [0.4, 0.5) is 4.79 Å². The normalized spacial score (nSPS) is 12.9. The maximum absolute atomic E-state index is 12.6. The van der Waals surface area contributed by atoms with Crippen molar-refractivity contribution in [2.45, 2.75) is 19.4 Å². The first-order valence-corrected chi connectivity index (χ1v) is 8.82. The standard InChI is InChI=1S/C20H23N3O4/c1-26-16-5-3-4-14(10-16)6-8-22-19(24)18-12-21-11-15-13-23(20(25)27-2)9-7-17(15)18/h3-5,10-12H,6-9,13H2,1-2H3,(H,22,24). The topological polar surface area (TPSA) is 80.8 Å². The summed E-state index contributed by atoms with van der Waals surface area (Å²) < 4.78 is 9.99. The largest absolute Gasteiger partial charge is 0.497 e. The number of methoxy groups -OCH3 is 2. The molecule has 1 aromatic heterocycles. The third kappa shape index (κ3) is 4.36. The van der Waals surface area contributed by atoms with Gasteiger partial charge in [-0.1, -0.05) is 12.1 Å². The molecular weight excluding hydrogens is 346 g/mol. The number of hydrogen-bond donors (Lipinski definition) is 1. The highest BCUT2D eigenvalue weighted by Gasteiger charge is 2.25. The van der Waals surface area contributed by atoms with E-state index in [0.717, 1.165) is 22.4 Å². The van der Waals surface area contributed by atoms with E-state index >= 15 is 0 Å². The van der Waals surface area contributed by atoms with Gasteiger partial charge in [-0.25, -0.2) is 4.79 Å². The maximum atomic E-state index is 12.6. The molecule has 1 aliphatic heterocycles. The lowest BCUT2D eigenvalue weighted by Gasteiger charge is -2.28. The summed E-state index contributed by atoms with van der Waals surface area (Å²) in [7, 11) is 3.00. The van der Waals surface area contributed by atoms with Crippen LogP contribution < -0.4 is 10.1 Å². The summed E-state index contributed by atoms with van der Waals surface area (Å²) in [6.45, 7) is 1.44. The summed E-state index contributed by atoms with van der Waals surface area (Å²) in [5.74, 6) is 0.657. The summed E-state index contributed by atoms with van der Waals surface area (Å²) in [4.78, 5) is 30.1. The van der Waals surface area contributed by atoms with Crippen LogP contribution in [-0.2, 0) is 24.1 Å². The van der Waals surface area contributed by atoms with E-state index in [4.69, 9.17) is 9.47 Å². The van der Waals surface area contributed by atoms with Gasteiger partial charge in [0.2, 0.25) is 0 Å². The highest BCUT2D eigenvalue weighted by atomic mass is 16.5. The van der Waals surface area contributed by atoms with Gasteiger partial charge in [0.1, 0.15) is 5.75 Å². The van der Waals surface area contributed by atoms with E-state index in [-0.39, 0.29) is 12.0 Å². The van der Waals surface area contributed by atoms with Crippen LogP contribution in [0.5, 0.6) is 5.75 Å². The number of rotatable bonds is 5. The molecule has 27 heavy (non-hydrogen) atoms. The number of carbonyl (C=O) groups excluding carboxylic acids is 2. The summed E-state index contributed by atoms with van der Waals surface area (Å²) in [5.41, 5.74) is 3.50. The lowest BCUT2D eigenvalue weighted by molar-refractivity contribution is 0.0951. The molecule has 7 nitrogen and oxygen atoms in total. The lowest BCUT2D eigenvalue weighted by Crippen LogP contribution is -2.37. The molecule has 0 aliphatic carbocycles.